The molecule has 3 unspecified atom stereocenters. The number of hydrogen-bond acceptors (Lipinski definition) is 3. The lowest BCUT2D eigenvalue weighted by Gasteiger charge is -2.43. The monoisotopic (exact) mass is 807 g/mol. The molecule has 1 aromatic heterocycles. The molecular formula is C59H37NOS. The lowest BCUT2D eigenvalue weighted by atomic mass is 9.62. The first-order valence-electron chi connectivity index (χ1n) is 21.6. The molecule has 14 rings (SSSR count). The molecule has 3 atom stereocenters. The summed E-state index contributed by atoms with van der Waals surface area (Å²) >= 11 is 1.89. The fourth-order valence-electron chi connectivity index (χ4n) is 11.6. The van der Waals surface area contributed by atoms with Crippen LogP contribution in [0.15, 0.2) is 212 Å². The van der Waals surface area contributed by atoms with Gasteiger partial charge in [-0.2, -0.15) is 0 Å². The fourth-order valence-corrected chi connectivity index (χ4v) is 12.9. The Hall–Kier alpha value is -7.46. The van der Waals surface area contributed by atoms with Crippen LogP contribution in [-0.4, -0.2) is 0 Å². The maximum Gasteiger partial charge on any atom is 0.132 e. The second-order valence-electron chi connectivity index (χ2n) is 17.1. The molecule has 0 radical (unpaired) electrons. The normalized spacial score (nSPS) is 18.4. The number of nitrogens with zero attached hydrogens (tertiary/aromatic N) is 1. The number of fused-ring (bicyclic) bond motifs is 12. The average Bonchev–Trinajstić information content (AvgIpc) is 3.86. The van der Waals surface area contributed by atoms with Crippen molar-refractivity contribution in [2.24, 2.45) is 5.92 Å². The Morgan fingerprint density at radius 2 is 1.18 bits per heavy atom. The van der Waals surface area contributed by atoms with Crippen molar-refractivity contribution in [3.63, 3.8) is 0 Å². The SMILES string of the molecule is C1=CC2c3ccccc3C3(c4ccccc4Oc4ccc(N(c5ccccc5)c5ccc(-c6cc7ccc8cccc9ccc(c6)c7c89)c6sc7ccccc7c56)cc43)C2C=C1. The van der Waals surface area contributed by atoms with Crippen molar-refractivity contribution in [2.75, 3.05) is 4.90 Å². The Labute approximate surface area is 363 Å². The zero-order valence-corrected chi connectivity index (χ0v) is 34.4. The molecule has 0 saturated heterocycles. The van der Waals surface area contributed by atoms with Gasteiger partial charge in [0.05, 0.1) is 11.1 Å². The van der Waals surface area contributed by atoms with E-state index in [4.69, 9.17) is 4.74 Å². The van der Waals surface area contributed by atoms with Crippen LogP contribution >= 0.6 is 11.3 Å². The molecule has 11 aromatic rings. The molecule has 2 aliphatic carbocycles. The number of ether oxygens (including phenoxy) is 1. The Bertz CT molecular complexity index is 3640. The van der Waals surface area contributed by atoms with Crippen molar-refractivity contribution in [3.05, 3.63) is 235 Å². The van der Waals surface area contributed by atoms with E-state index in [0.29, 0.717) is 0 Å². The highest BCUT2D eigenvalue weighted by molar-refractivity contribution is 7.26. The summed E-state index contributed by atoms with van der Waals surface area (Å²) in [5, 5.41) is 10.4. The first-order valence-corrected chi connectivity index (χ1v) is 22.4. The van der Waals surface area contributed by atoms with E-state index in [1.807, 2.05) is 11.3 Å². The highest BCUT2D eigenvalue weighted by Crippen LogP contribution is 2.65. The summed E-state index contributed by atoms with van der Waals surface area (Å²) in [5.74, 6) is 2.29. The van der Waals surface area contributed by atoms with Gasteiger partial charge in [0.25, 0.3) is 0 Å². The van der Waals surface area contributed by atoms with Gasteiger partial charge in [0.15, 0.2) is 0 Å². The molecule has 3 aliphatic rings. The summed E-state index contributed by atoms with van der Waals surface area (Å²) < 4.78 is 9.47. The Kier molecular flexibility index (Phi) is 7.06. The van der Waals surface area contributed by atoms with Crippen LogP contribution in [0, 0.1) is 5.92 Å². The third kappa shape index (κ3) is 4.58. The minimum Gasteiger partial charge on any atom is -0.457 e. The molecule has 1 spiro atoms. The third-order valence-corrected chi connectivity index (χ3v) is 15.3. The van der Waals surface area contributed by atoms with Gasteiger partial charge >= 0.3 is 0 Å². The van der Waals surface area contributed by atoms with Crippen LogP contribution in [0.25, 0.3) is 63.6 Å². The van der Waals surface area contributed by atoms with E-state index in [1.54, 1.807) is 0 Å². The van der Waals surface area contributed by atoms with Crippen molar-refractivity contribution in [1.82, 2.24) is 0 Å². The number of allylic oxidation sites excluding steroid dienone is 4. The third-order valence-electron chi connectivity index (χ3n) is 14.1. The summed E-state index contributed by atoms with van der Waals surface area (Å²) in [4.78, 5) is 2.48. The molecule has 0 saturated carbocycles. The molecule has 10 aromatic carbocycles. The van der Waals surface area contributed by atoms with Crippen LogP contribution in [0.2, 0.25) is 0 Å². The largest absolute Gasteiger partial charge is 0.457 e. The van der Waals surface area contributed by atoms with Gasteiger partial charge in [-0.05, 0) is 115 Å². The molecule has 3 heteroatoms. The summed E-state index contributed by atoms with van der Waals surface area (Å²) in [5.41, 5.74) is 10.6. The number of para-hydroxylation sites is 2. The summed E-state index contributed by atoms with van der Waals surface area (Å²) in [6.45, 7) is 0. The summed E-state index contributed by atoms with van der Waals surface area (Å²) in [6, 6.07) is 69.9. The zero-order chi connectivity index (χ0) is 40.5. The minimum absolute atomic E-state index is 0.188. The summed E-state index contributed by atoms with van der Waals surface area (Å²) in [7, 11) is 0. The molecule has 0 N–H and O–H groups in total. The van der Waals surface area contributed by atoms with Gasteiger partial charge in [-0.1, -0.05) is 152 Å². The number of benzene rings is 10. The second-order valence-corrected chi connectivity index (χ2v) is 18.2. The highest BCUT2D eigenvalue weighted by Gasteiger charge is 2.56. The minimum atomic E-state index is -0.448. The van der Waals surface area contributed by atoms with Crippen molar-refractivity contribution < 1.29 is 4.74 Å². The second kappa shape index (κ2) is 12.8. The van der Waals surface area contributed by atoms with Gasteiger partial charge in [-0.15, -0.1) is 11.3 Å². The number of rotatable bonds is 4. The van der Waals surface area contributed by atoms with Gasteiger partial charge in [0.2, 0.25) is 0 Å². The Morgan fingerprint density at radius 3 is 2.03 bits per heavy atom. The topological polar surface area (TPSA) is 12.5 Å². The van der Waals surface area contributed by atoms with Crippen molar-refractivity contribution in [2.45, 2.75) is 11.3 Å². The number of thiophene rings is 1. The molecule has 2 heterocycles. The average molecular weight is 808 g/mol. The van der Waals surface area contributed by atoms with E-state index in [1.165, 1.54) is 85.9 Å². The van der Waals surface area contributed by atoms with Crippen LogP contribution in [0.4, 0.5) is 17.1 Å². The molecule has 0 amide bonds. The Balaban J connectivity index is 1.02. The van der Waals surface area contributed by atoms with Crippen molar-refractivity contribution >= 4 is 80.9 Å². The molecule has 62 heavy (non-hydrogen) atoms. The first-order chi connectivity index (χ1) is 30.7. The van der Waals surface area contributed by atoms with Gasteiger partial charge in [0.1, 0.15) is 11.5 Å². The van der Waals surface area contributed by atoms with Crippen LogP contribution in [0.5, 0.6) is 11.5 Å². The van der Waals surface area contributed by atoms with E-state index >= 15 is 0 Å². The molecule has 290 valence electrons. The summed E-state index contributed by atoms with van der Waals surface area (Å²) in [6.07, 6.45) is 9.30. The molecule has 0 bridgehead atoms. The van der Waals surface area contributed by atoms with Gasteiger partial charge in [-0.3, -0.25) is 0 Å². The molecule has 2 nitrogen and oxygen atoms in total. The maximum absolute atomic E-state index is 6.90. The van der Waals surface area contributed by atoms with Gasteiger partial charge < -0.3 is 9.64 Å². The van der Waals surface area contributed by atoms with E-state index in [9.17, 15) is 0 Å². The van der Waals surface area contributed by atoms with Crippen molar-refractivity contribution in [1.29, 1.82) is 0 Å². The molecule has 0 fully saturated rings. The van der Waals surface area contributed by atoms with E-state index in [2.05, 4.69) is 217 Å². The highest BCUT2D eigenvalue weighted by atomic mass is 32.1. The predicted octanol–water partition coefficient (Wildman–Crippen LogP) is 16.4. The standard InChI is InChI=1S/C59H37NOS/c1-2-15-41(16-3-1)60(42-29-32-53-50(35-42)59(49-22-9-10-23-52(49)61-53)47-20-7-4-17-44(47)45-18-5-8-21-48(45)59)51-31-30-43(58-57(51)46-19-6-11-24-54(46)62-58)40-33-38-27-25-36-13-12-14-37-26-28-39(34-40)56(38)55(36)37/h1-35,44,47H. The van der Waals surface area contributed by atoms with Crippen LogP contribution in [0.1, 0.15) is 28.2 Å². The van der Waals surface area contributed by atoms with Crippen LogP contribution < -0.4 is 9.64 Å². The first kappa shape index (κ1) is 34.3. The lowest BCUT2D eigenvalue weighted by Crippen LogP contribution is -2.37. The van der Waals surface area contributed by atoms with E-state index in [-0.39, 0.29) is 11.8 Å². The predicted molar refractivity (Wildman–Crippen MR) is 261 cm³/mol. The van der Waals surface area contributed by atoms with Gasteiger partial charge in [-0.25, -0.2) is 0 Å². The van der Waals surface area contributed by atoms with E-state index in [0.717, 1.165) is 28.6 Å². The number of anilines is 3. The fraction of sp³-hybridized carbons (Fsp3) is 0.0508. The van der Waals surface area contributed by atoms with Crippen LogP contribution in [-0.2, 0) is 5.41 Å². The zero-order valence-electron chi connectivity index (χ0n) is 33.6. The quantitative estimate of drug-likeness (QED) is 0.164. The Morgan fingerprint density at radius 1 is 0.484 bits per heavy atom. The lowest BCUT2D eigenvalue weighted by molar-refractivity contribution is 0.374. The van der Waals surface area contributed by atoms with E-state index < -0.39 is 5.41 Å². The molecular weight excluding hydrogens is 771 g/mol. The van der Waals surface area contributed by atoms with Crippen LogP contribution in [0.3, 0.4) is 0 Å². The van der Waals surface area contributed by atoms with Gasteiger partial charge in [0, 0.05) is 54.5 Å². The van der Waals surface area contributed by atoms with Crippen molar-refractivity contribution in [3.8, 4) is 22.6 Å². The smallest absolute Gasteiger partial charge is 0.132 e. The number of hydrogen-bond donors (Lipinski definition) is 0. The maximum atomic E-state index is 6.90. The molecule has 1 aliphatic heterocycles.